The van der Waals surface area contributed by atoms with Crippen LogP contribution in [0.25, 0.3) is 0 Å². The minimum Gasteiger partial charge on any atom is -0.476 e. The van der Waals surface area contributed by atoms with Crippen LogP contribution >= 0.6 is 0 Å². The van der Waals surface area contributed by atoms with Gasteiger partial charge in [0.05, 0.1) is 5.56 Å². The van der Waals surface area contributed by atoms with E-state index in [9.17, 15) is 18.0 Å². The minimum atomic E-state index is -4.72. The number of carbonyl (C=O) groups is 1. The summed E-state index contributed by atoms with van der Waals surface area (Å²) in [6, 6.07) is 1.75. The fourth-order valence-electron chi connectivity index (χ4n) is 0.990. The number of pyridine rings is 1. The summed E-state index contributed by atoms with van der Waals surface area (Å²) in [5, 5.41) is 11.0. The van der Waals surface area contributed by atoms with Crippen LogP contribution in [0.1, 0.15) is 16.1 Å². The first-order valence-electron chi connectivity index (χ1n) is 3.85. The standard InChI is InChI=1S/C8H7F3N2O2/c1-12-5-3-2-4(8(9,10)11)6(13-5)7(14)15/h2-3H,1H3,(H,12,13)(H,14,15). The molecule has 0 saturated heterocycles. The number of hydrogen-bond acceptors (Lipinski definition) is 3. The van der Waals surface area contributed by atoms with Crippen molar-refractivity contribution in [3.63, 3.8) is 0 Å². The molecule has 0 saturated carbocycles. The van der Waals surface area contributed by atoms with Gasteiger partial charge in [0.1, 0.15) is 5.82 Å². The van der Waals surface area contributed by atoms with E-state index in [-0.39, 0.29) is 5.82 Å². The summed E-state index contributed by atoms with van der Waals surface area (Å²) >= 11 is 0. The monoisotopic (exact) mass is 220 g/mol. The number of alkyl halides is 3. The molecule has 7 heteroatoms. The maximum absolute atomic E-state index is 12.3. The van der Waals surface area contributed by atoms with Gasteiger partial charge < -0.3 is 10.4 Å². The van der Waals surface area contributed by atoms with Crippen molar-refractivity contribution in [2.24, 2.45) is 0 Å². The van der Waals surface area contributed by atoms with E-state index in [4.69, 9.17) is 5.11 Å². The highest BCUT2D eigenvalue weighted by Gasteiger charge is 2.36. The first-order valence-corrected chi connectivity index (χ1v) is 3.85. The molecular weight excluding hydrogens is 213 g/mol. The van der Waals surface area contributed by atoms with Gasteiger partial charge in [-0.2, -0.15) is 13.2 Å². The second-order valence-electron chi connectivity index (χ2n) is 2.65. The van der Waals surface area contributed by atoms with Crippen molar-refractivity contribution in [1.82, 2.24) is 4.98 Å². The number of aromatic nitrogens is 1. The third-order valence-corrected chi connectivity index (χ3v) is 1.66. The van der Waals surface area contributed by atoms with Crippen molar-refractivity contribution in [1.29, 1.82) is 0 Å². The maximum atomic E-state index is 12.3. The number of carboxylic acids is 1. The lowest BCUT2D eigenvalue weighted by Gasteiger charge is -2.10. The smallest absolute Gasteiger partial charge is 0.418 e. The van der Waals surface area contributed by atoms with Crippen molar-refractivity contribution in [2.45, 2.75) is 6.18 Å². The molecule has 0 atom stereocenters. The average Bonchev–Trinajstić information content (AvgIpc) is 2.15. The molecule has 0 fully saturated rings. The Labute approximate surface area is 82.7 Å². The summed E-state index contributed by atoms with van der Waals surface area (Å²) in [5.74, 6) is -1.64. The lowest BCUT2D eigenvalue weighted by molar-refractivity contribution is -0.138. The molecule has 0 unspecified atom stereocenters. The highest BCUT2D eigenvalue weighted by molar-refractivity contribution is 5.87. The molecule has 0 aromatic carbocycles. The normalized spacial score (nSPS) is 11.2. The molecule has 0 aliphatic heterocycles. The second-order valence-corrected chi connectivity index (χ2v) is 2.65. The first kappa shape index (κ1) is 11.3. The van der Waals surface area contributed by atoms with E-state index in [0.29, 0.717) is 6.07 Å². The maximum Gasteiger partial charge on any atom is 0.418 e. The van der Waals surface area contributed by atoms with Crippen LogP contribution in [0.3, 0.4) is 0 Å². The van der Waals surface area contributed by atoms with Crippen molar-refractivity contribution in [2.75, 3.05) is 12.4 Å². The quantitative estimate of drug-likeness (QED) is 0.798. The Balaban J connectivity index is 3.34. The number of anilines is 1. The Morgan fingerprint density at radius 2 is 2.07 bits per heavy atom. The van der Waals surface area contributed by atoms with E-state index in [1.165, 1.54) is 7.05 Å². The van der Waals surface area contributed by atoms with Crippen molar-refractivity contribution >= 4 is 11.8 Å². The van der Waals surface area contributed by atoms with Crippen molar-refractivity contribution < 1.29 is 23.1 Å². The van der Waals surface area contributed by atoms with Gasteiger partial charge in [-0.3, -0.25) is 0 Å². The lowest BCUT2D eigenvalue weighted by atomic mass is 10.2. The molecule has 0 spiro atoms. The SMILES string of the molecule is CNc1ccc(C(F)(F)F)c(C(=O)O)n1. The Hall–Kier alpha value is -1.79. The van der Waals surface area contributed by atoms with Gasteiger partial charge in [0.2, 0.25) is 0 Å². The third kappa shape index (κ3) is 2.36. The zero-order chi connectivity index (χ0) is 11.6. The Kier molecular flexibility index (Phi) is 2.83. The van der Waals surface area contributed by atoms with Gasteiger partial charge in [-0.15, -0.1) is 0 Å². The molecule has 15 heavy (non-hydrogen) atoms. The fourth-order valence-corrected chi connectivity index (χ4v) is 0.990. The molecule has 4 nitrogen and oxygen atoms in total. The van der Waals surface area contributed by atoms with Gasteiger partial charge in [0.25, 0.3) is 0 Å². The van der Waals surface area contributed by atoms with E-state index >= 15 is 0 Å². The van der Waals surface area contributed by atoms with Crippen LogP contribution in [0.4, 0.5) is 19.0 Å². The van der Waals surface area contributed by atoms with Gasteiger partial charge in [0, 0.05) is 7.05 Å². The molecule has 1 heterocycles. The van der Waals surface area contributed by atoms with Crippen LogP contribution < -0.4 is 5.32 Å². The number of rotatable bonds is 2. The fraction of sp³-hybridized carbons (Fsp3) is 0.250. The summed E-state index contributed by atoms with van der Waals surface area (Å²) in [7, 11) is 1.43. The molecule has 0 aliphatic rings. The largest absolute Gasteiger partial charge is 0.476 e. The zero-order valence-corrected chi connectivity index (χ0v) is 7.59. The number of nitrogens with one attached hydrogen (secondary N) is 1. The molecule has 82 valence electrons. The third-order valence-electron chi connectivity index (χ3n) is 1.66. The van der Waals surface area contributed by atoms with Crippen LogP contribution in [-0.4, -0.2) is 23.1 Å². The molecule has 1 aromatic heterocycles. The number of aromatic carboxylic acids is 1. The summed E-state index contributed by atoms with van der Waals surface area (Å²) in [6.07, 6.45) is -4.72. The Morgan fingerprint density at radius 1 is 1.47 bits per heavy atom. The van der Waals surface area contributed by atoms with Gasteiger partial charge in [-0.1, -0.05) is 0 Å². The predicted molar refractivity (Wildman–Crippen MR) is 45.7 cm³/mol. The van der Waals surface area contributed by atoms with Crippen LogP contribution in [0, 0.1) is 0 Å². The minimum absolute atomic E-state index is 0.0698. The van der Waals surface area contributed by atoms with Gasteiger partial charge in [-0.25, -0.2) is 9.78 Å². The number of carboxylic acid groups (broad SMARTS) is 1. The molecule has 0 amide bonds. The van der Waals surface area contributed by atoms with E-state index in [1.54, 1.807) is 0 Å². The number of halogens is 3. The van der Waals surface area contributed by atoms with E-state index in [2.05, 4.69) is 10.3 Å². The molecule has 1 aromatic rings. The van der Waals surface area contributed by atoms with E-state index in [0.717, 1.165) is 6.07 Å². The molecule has 0 bridgehead atoms. The van der Waals surface area contributed by atoms with E-state index in [1.807, 2.05) is 0 Å². The first-order chi connectivity index (χ1) is 6.86. The summed E-state index contributed by atoms with van der Waals surface area (Å²) in [5.41, 5.74) is -2.26. The molecule has 0 aliphatic carbocycles. The molecule has 1 rings (SSSR count). The van der Waals surface area contributed by atoms with Gasteiger partial charge in [0.15, 0.2) is 5.69 Å². The Morgan fingerprint density at radius 3 is 2.47 bits per heavy atom. The van der Waals surface area contributed by atoms with Crippen molar-refractivity contribution in [3.8, 4) is 0 Å². The predicted octanol–water partition coefficient (Wildman–Crippen LogP) is 1.84. The van der Waals surface area contributed by atoms with Gasteiger partial charge in [-0.05, 0) is 12.1 Å². The van der Waals surface area contributed by atoms with Crippen LogP contribution in [0.2, 0.25) is 0 Å². The summed E-state index contributed by atoms with van der Waals surface area (Å²) in [4.78, 5) is 13.9. The van der Waals surface area contributed by atoms with Crippen LogP contribution in [0.5, 0.6) is 0 Å². The highest BCUT2D eigenvalue weighted by Crippen LogP contribution is 2.31. The molecule has 2 N–H and O–H groups in total. The summed E-state index contributed by atoms with van der Waals surface area (Å²) in [6.45, 7) is 0. The van der Waals surface area contributed by atoms with Crippen LogP contribution in [0.15, 0.2) is 12.1 Å². The molecular formula is C8H7F3N2O2. The summed E-state index contributed by atoms with van der Waals surface area (Å²) < 4.78 is 37.0. The van der Waals surface area contributed by atoms with Crippen molar-refractivity contribution in [3.05, 3.63) is 23.4 Å². The van der Waals surface area contributed by atoms with Crippen LogP contribution in [-0.2, 0) is 6.18 Å². The molecule has 0 radical (unpaired) electrons. The van der Waals surface area contributed by atoms with E-state index < -0.39 is 23.4 Å². The Bertz CT molecular complexity index is 390. The lowest BCUT2D eigenvalue weighted by Crippen LogP contribution is -2.15. The zero-order valence-electron chi connectivity index (χ0n) is 7.59. The highest BCUT2D eigenvalue weighted by atomic mass is 19.4. The average molecular weight is 220 g/mol. The van der Waals surface area contributed by atoms with Gasteiger partial charge >= 0.3 is 12.1 Å². The number of hydrogen-bond donors (Lipinski definition) is 2. The number of nitrogens with zero attached hydrogens (tertiary/aromatic N) is 1. The topological polar surface area (TPSA) is 62.2 Å². The second kappa shape index (κ2) is 3.76.